The van der Waals surface area contributed by atoms with Crippen molar-refractivity contribution in [3.8, 4) is 5.69 Å². The standard InChI is InChI=1S/C20H29N5O3S/c1-15(2)12-24-13-17-19(20(26)23(5)11-10-22(3)4)21-14-25(17)16-8-6-7-9-18(16)29(24,27)28/h6-9,14-15H,10-13H2,1-5H3. The van der Waals surface area contributed by atoms with Crippen molar-refractivity contribution in [2.45, 2.75) is 25.3 Å². The van der Waals surface area contributed by atoms with E-state index in [1.165, 1.54) is 4.31 Å². The maximum Gasteiger partial charge on any atom is 0.274 e. The zero-order chi connectivity index (χ0) is 21.3. The van der Waals surface area contributed by atoms with E-state index in [1.54, 1.807) is 47.1 Å². The number of aromatic nitrogens is 2. The molecule has 0 fully saturated rings. The minimum Gasteiger partial charge on any atom is -0.339 e. The van der Waals surface area contributed by atoms with Gasteiger partial charge in [-0.1, -0.05) is 26.0 Å². The number of carbonyl (C=O) groups excluding carboxylic acids is 1. The molecule has 8 nitrogen and oxygen atoms in total. The molecule has 9 heteroatoms. The van der Waals surface area contributed by atoms with E-state index in [0.717, 1.165) is 6.54 Å². The highest BCUT2D eigenvalue weighted by Gasteiger charge is 2.35. The number of carbonyl (C=O) groups is 1. The average Bonchev–Trinajstić information content (AvgIpc) is 3.04. The molecule has 0 bridgehead atoms. The molecule has 158 valence electrons. The van der Waals surface area contributed by atoms with Gasteiger partial charge in [-0.3, -0.25) is 9.36 Å². The number of imidazole rings is 1. The highest BCUT2D eigenvalue weighted by atomic mass is 32.2. The van der Waals surface area contributed by atoms with Crippen molar-refractivity contribution in [3.63, 3.8) is 0 Å². The van der Waals surface area contributed by atoms with E-state index in [0.29, 0.717) is 30.2 Å². The number of benzene rings is 1. The van der Waals surface area contributed by atoms with Gasteiger partial charge in [-0.25, -0.2) is 13.4 Å². The summed E-state index contributed by atoms with van der Waals surface area (Å²) in [5.41, 5.74) is 1.42. The van der Waals surface area contributed by atoms with Crippen LogP contribution in [0.2, 0.25) is 0 Å². The molecule has 2 aromatic rings. The first-order valence-corrected chi connectivity index (χ1v) is 11.1. The maximum absolute atomic E-state index is 13.3. The van der Waals surface area contributed by atoms with E-state index < -0.39 is 10.0 Å². The van der Waals surface area contributed by atoms with Gasteiger partial charge in [0.2, 0.25) is 10.0 Å². The summed E-state index contributed by atoms with van der Waals surface area (Å²) < 4.78 is 29.8. The fourth-order valence-corrected chi connectivity index (χ4v) is 5.12. The lowest BCUT2D eigenvalue weighted by molar-refractivity contribution is 0.0779. The van der Waals surface area contributed by atoms with E-state index in [2.05, 4.69) is 4.98 Å². The molecule has 3 rings (SSSR count). The van der Waals surface area contributed by atoms with Crippen LogP contribution in [-0.4, -0.2) is 78.8 Å². The highest BCUT2D eigenvalue weighted by molar-refractivity contribution is 7.89. The van der Waals surface area contributed by atoms with Crippen LogP contribution in [0.4, 0.5) is 0 Å². The topological polar surface area (TPSA) is 78.8 Å². The summed E-state index contributed by atoms with van der Waals surface area (Å²) in [4.78, 5) is 21.3. The van der Waals surface area contributed by atoms with Gasteiger partial charge in [0.05, 0.1) is 17.9 Å². The molecule has 29 heavy (non-hydrogen) atoms. The minimum absolute atomic E-state index is 0.109. The molecule has 0 unspecified atom stereocenters. The summed E-state index contributed by atoms with van der Waals surface area (Å²) in [5, 5.41) is 0. The van der Waals surface area contributed by atoms with Gasteiger partial charge >= 0.3 is 0 Å². The van der Waals surface area contributed by atoms with Crippen molar-refractivity contribution in [2.24, 2.45) is 5.92 Å². The zero-order valence-corrected chi connectivity index (χ0v) is 18.5. The van der Waals surface area contributed by atoms with Gasteiger partial charge in [0.1, 0.15) is 11.2 Å². The Hall–Kier alpha value is -2.23. The van der Waals surface area contributed by atoms with Crippen molar-refractivity contribution >= 4 is 15.9 Å². The zero-order valence-electron chi connectivity index (χ0n) is 17.7. The molecule has 0 atom stereocenters. The Bertz CT molecular complexity index is 997. The molecule has 1 aromatic heterocycles. The molecule has 0 radical (unpaired) electrons. The van der Waals surface area contributed by atoms with Crippen molar-refractivity contribution in [2.75, 3.05) is 40.8 Å². The Balaban J connectivity index is 2.08. The SMILES string of the molecule is CC(C)CN1Cc2c(C(=O)N(C)CCN(C)C)ncn2-c2ccccc2S1(=O)=O. The normalized spacial score (nSPS) is 15.8. The second-order valence-corrected chi connectivity index (χ2v) is 10.0. The molecule has 0 N–H and O–H groups in total. The molecule has 0 spiro atoms. The largest absolute Gasteiger partial charge is 0.339 e. The van der Waals surface area contributed by atoms with Crippen molar-refractivity contribution in [1.82, 2.24) is 23.7 Å². The molecule has 1 aromatic carbocycles. The number of fused-ring (bicyclic) bond motifs is 3. The van der Waals surface area contributed by atoms with Crippen LogP contribution in [0.5, 0.6) is 0 Å². The van der Waals surface area contributed by atoms with Gasteiger partial charge < -0.3 is 9.80 Å². The van der Waals surface area contributed by atoms with Crippen LogP contribution in [-0.2, 0) is 16.6 Å². The van der Waals surface area contributed by atoms with Crippen molar-refractivity contribution in [3.05, 3.63) is 42.0 Å². The number of amides is 1. The van der Waals surface area contributed by atoms with E-state index in [1.807, 2.05) is 32.8 Å². The molecule has 0 aliphatic carbocycles. The molecule has 0 saturated heterocycles. The van der Waals surface area contributed by atoms with Crippen molar-refractivity contribution in [1.29, 1.82) is 0 Å². The number of hydrogen-bond acceptors (Lipinski definition) is 5. The van der Waals surface area contributed by atoms with Crippen LogP contribution in [0.1, 0.15) is 30.0 Å². The summed E-state index contributed by atoms with van der Waals surface area (Å²) in [7, 11) is 1.96. The predicted octanol–water partition coefficient (Wildman–Crippen LogP) is 1.67. The maximum atomic E-state index is 13.3. The second-order valence-electron chi connectivity index (χ2n) is 8.10. The summed E-state index contributed by atoms with van der Waals surface area (Å²) in [5.74, 6) is -0.0600. The first kappa shape index (κ1) is 21.5. The lowest BCUT2D eigenvalue weighted by Crippen LogP contribution is -2.36. The number of nitrogens with zero attached hydrogens (tertiary/aromatic N) is 5. The van der Waals surface area contributed by atoms with Gasteiger partial charge in [-0.05, 0) is 32.1 Å². The van der Waals surface area contributed by atoms with Crippen LogP contribution in [0.15, 0.2) is 35.5 Å². The Morgan fingerprint density at radius 3 is 2.52 bits per heavy atom. The molecule has 1 amide bonds. The molecule has 1 aliphatic rings. The van der Waals surface area contributed by atoms with Crippen molar-refractivity contribution < 1.29 is 13.2 Å². The quantitative estimate of drug-likeness (QED) is 0.712. The minimum atomic E-state index is -3.68. The van der Waals surface area contributed by atoms with Crippen LogP contribution >= 0.6 is 0 Å². The summed E-state index contributed by atoms with van der Waals surface area (Å²) >= 11 is 0. The summed E-state index contributed by atoms with van der Waals surface area (Å²) in [6.45, 7) is 5.72. The van der Waals surface area contributed by atoms with E-state index in [9.17, 15) is 13.2 Å². The van der Waals surface area contributed by atoms with Gasteiger partial charge in [0.25, 0.3) is 5.91 Å². The Kier molecular flexibility index (Phi) is 6.11. The molecule has 2 heterocycles. The number of likely N-dealkylation sites (N-methyl/N-ethyl adjacent to an activating group) is 2. The van der Waals surface area contributed by atoms with Crippen LogP contribution in [0, 0.1) is 5.92 Å². The van der Waals surface area contributed by atoms with Crippen LogP contribution in [0.3, 0.4) is 0 Å². The Morgan fingerprint density at radius 1 is 1.17 bits per heavy atom. The number of rotatable bonds is 6. The number of hydrogen-bond donors (Lipinski definition) is 0. The number of para-hydroxylation sites is 1. The fraction of sp³-hybridized carbons (Fsp3) is 0.500. The lowest BCUT2D eigenvalue weighted by atomic mass is 10.2. The monoisotopic (exact) mass is 419 g/mol. The third-order valence-electron chi connectivity index (χ3n) is 4.94. The Morgan fingerprint density at radius 2 is 1.86 bits per heavy atom. The smallest absolute Gasteiger partial charge is 0.274 e. The fourth-order valence-electron chi connectivity index (χ4n) is 3.38. The van der Waals surface area contributed by atoms with Gasteiger partial charge in [-0.15, -0.1) is 0 Å². The molecular formula is C20H29N5O3S. The molecule has 1 aliphatic heterocycles. The van der Waals surface area contributed by atoms with Crippen LogP contribution in [0.25, 0.3) is 5.69 Å². The molecule has 0 saturated carbocycles. The first-order valence-electron chi connectivity index (χ1n) is 9.69. The lowest BCUT2D eigenvalue weighted by Gasteiger charge is -2.23. The summed E-state index contributed by atoms with van der Waals surface area (Å²) in [6, 6.07) is 6.87. The summed E-state index contributed by atoms with van der Waals surface area (Å²) in [6.07, 6.45) is 1.55. The van der Waals surface area contributed by atoms with Crippen LogP contribution < -0.4 is 0 Å². The van der Waals surface area contributed by atoms with Gasteiger partial charge in [-0.2, -0.15) is 4.31 Å². The van der Waals surface area contributed by atoms with Gasteiger partial charge in [0.15, 0.2) is 5.69 Å². The van der Waals surface area contributed by atoms with E-state index >= 15 is 0 Å². The molecular weight excluding hydrogens is 390 g/mol. The third-order valence-corrected chi connectivity index (χ3v) is 6.79. The third kappa shape index (κ3) is 4.22. The van der Waals surface area contributed by atoms with Gasteiger partial charge in [0, 0.05) is 26.7 Å². The second kappa shape index (κ2) is 8.25. The highest BCUT2D eigenvalue weighted by Crippen LogP contribution is 2.31. The Labute approximate surface area is 172 Å². The van der Waals surface area contributed by atoms with E-state index in [-0.39, 0.29) is 23.3 Å². The average molecular weight is 420 g/mol. The van der Waals surface area contributed by atoms with E-state index in [4.69, 9.17) is 0 Å². The number of sulfonamides is 1. The predicted molar refractivity (Wildman–Crippen MR) is 112 cm³/mol. The first-order chi connectivity index (χ1) is 13.6.